The van der Waals surface area contributed by atoms with Crippen LogP contribution in [-0.2, 0) is 27.0 Å². The Morgan fingerprint density at radius 3 is 2.19 bits per heavy atom. The first-order chi connectivity index (χ1) is 12.2. The predicted molar refractivity (Wildman–Crippen MR) is 102 cm³/mol. The van der Waals surface area contributed by atoms with Gasteiger partial charge in [-0.3, -0.25) is 9.52 Å². The van der Waals surface area contributed by atoms with Crippen molar-refractivity contribution in [2.75, 3.05) is 11.3 Å². The van der Waals surface area contributed by atoms with E-state index in [9.17, 15) is 18.3 Å². The van der Waals surface area contributed by atoms with Gasteiger partial charge < -0.3 is 10.4 Å². The van der Waals surface area contributed by atoms with E-state index in [2.05, 4.69) is 10.0 Å². The lowest BCUT2D eigenvalue weighted by atomic mass is 10.1. The molecule has 140 valence electrons. The number of carbonyl (C=O) groups is 1. The number of carbonyl (C=O) groups excluding carboxylic acids is 1. The molecular weight excluding hydrogens is 352 g/mol. The van der Waals surface area contributed by atoms with Crippen molar-refractivity contribution < 1.29 is 18.3 Å². The smallest absolute Gasteiger partial charge is 0.236 e. The molecule has 2 aromatic rings. The van der Waals surface area contributed by atoms with Crippen molar-refractivity contribution in [2.45, 2.75) is 31.6 Å². The monoisotopic (exact) mass is 376 g/mol. The van der Waals surface area contributed by atoms with E-state index < -0.39 is 15.6 Å². The van der Waals surface area contributed by atoms with Crippen LogP contribution in [0.25, 0.3) is 0 Å². The summed E-state index contributed by atoms with van der Waals surface area (Å²) in [5.41, 5.74) is 1.23. The zero-order chi connectivity index (χ0) is 19.2. The number of rotatable bonds is 8. The van der Waals surface area contributed by atoms with Crippen LogP contribution in [0.1, 0.15) is 25.0 Å². The average Bonchev–Trinajstić information content (AvgIpc) is 2.56. The summed E-state index contributed by atoms with van der Waals surface area (Å²) >= 11 is 0. The summed E-state index contributed by atoms with van der Waals surface area (Å²) in [7, 11) is -3.51. The fraction of sp³-hybridized carbons (Fsp3) is 0.316. The first kappa shape index (κ1) is 19.9. The lowest BCUT2D eigenvalue weighted by Gasteiger charge is -2.23. The van der Waals surface area contributed by atoms with Gasteiger partial charge in [0, 0.05) is 5.69 Å². The number of anilines is 1. The highest BCUT2D eigenvalue weighted by Crippen LogP contribution is 2.14. The first-order valence-corrected chi connectivity index (χ1v) is 9.90. The van der Waals surface area contributed by atoms with Gasteiger partial charge in [-0.15, -0.1) is 0 Å². The second-order valence-electron chi connectivity index (χ2n) is 6.81. The minimum atomic E-state index is -3.51. The van der Waals surface area contributed by atoms with Gasteiger partial charge in [0.05, 0.1) is 24.3 Å². The van der Waals surface area contributed by atoms with Crippen LogP contribution in [0.3, 0.4) is 0 Å². The Morgan fingerprint density at radius 2 is 1.62 bits per heavy atom. The summed E-state index contributed by atoms with van der Waals surface area (Å²) in [6, 6.07) is 15.6. The summed E-state index contributed by atoms with van der Waals surface area (Å²) in [5, 5.41) is 11.9. The third kappa shape index (κ3) is 6.50. The zero-order valence-corrected chi connectivity index (χ0v) is 15.7. The van der Waals surface area contributed by atoms with E-state index in [4.69, 9.17) is 0 Å². The molecule has 0 aliphatic rings. The SMILES string of the molecule is CC(C)(CO)NC(=O)Cc1ccc(NS(=O)(=O)Cc2ccccc2)cc1. The van der Waals surface area contributed by atoms with Gasteiger partial charge in [0.2, 0.25) is 15.9 Å². The van der Waals surface area contributed by atoms with E-state index in [0.717, 1.165) is 5.56 Å². The number of aliphatic hydroxyl groups excluding tert-OH is 1. The molecule has 0 aromatic heterocycles. The number of hydrogen-bond donors (Lipinski definition) is 3. The van der Waals surface area contributed by atoms with Crippen molar-refractivity contribution >= 4 is 21.6 Å². The molecule has 0 aliphatic heterocycles. The molecule has 0 heterocycles. The van der Waals surface area contributed by atoms with Gasteiger partial charge >= 0.3 is 0 Å². The Labute approximate surface area is 154 Å². The molecule has 0 saturated heterocycles. The molecule has 0 bridgehead atoms. The Hall–Kier alpha value is -2.38. The fourth-order valence-electron chi connectivity index (χ4n) is 2.35. The minimum absolute atomic E-state index is 0.103. The molecule has 0 fully saturated rings. The maximum Gasteiger partial charge on any atom is 0.236 e. The molecule has 26 heavy (non-hydrogen) atoms. The zero-order valence-electron chi connectivity index (χ0n) is 14.9. The molecule has 2 rings (SSSR count). The van der Waals surface area contributed by atoms with Gasteiger partial charge in [-0.25, -0.2) is 8.42 Å². The quantitative estimate of drug-likeness (QED) is 0.657. The van der Waals surface area contributed by atoms with Crippen LogP contribution in [0.5, 0.6) is 0 Å². The van der Waals surface area contributed by atoms with Crippen LogP contribution in [0.2, 0.25) is 0 Å². The van der Waals surface area contributed by atoms with Crippen molar-refractivity contribution in [3.05, 3.63) is 65.7 Å². The molecule has 3 N–H and O–H groups in total. The summed E-state index contributed by atoms with van der Waals surface area (Å²) in [4.78, 5) is 12.0. The van der Waals surface area contributed by atoms with Gasteiger partial charge in [-0.1, -0.05) is 42.5 Å². The van der Waals surface area contributed by atoms with E-state index in [1.54, 1.807) is 62.4 Å². The number of aliphatic hydroxyl groups is 1. The molecule has 0 atom stereocenters. The second-order valence-corrected chi connectivity index (χ2v) is 8.53. The molecule has 1 amide bonds. The highest BCUT2D eigenvalue weighted by molar-refractivity contribution is 7.91. The van der Waals surface area contributed by atoms with Gasteiger partial charge in [0.25, 0.3) is 0 Å². The van der Waals surface area contributed by atoms with E-state index >= 15 is 0 Å². The van der Waals surface area contributed by atoms with Gasteiger partial charge in [0.1, 0.15) is 0 Å². The molecular formula is C19H24N2O4S. The van der Waals surface area contributed by atoms with Crippen LogP contribution in [-0.4, -0.2) is 31.6 Å². The predicted octanol–water partition coefficient (Wildman–Crippen LogP) is 2.06. The number of nitrogens with one attached hydrogen (secondary N) is 2. The highest BCUT2D eigenvalue weighted by Gasteiger charge is 2.19. The first-order valence-electron chi connectivity index (χ1n) is 8.24. The molecule has 6 nitrogen and oxygen atoms in total. The van der Waals surface area contributed by atoms with Gasteiger partial charge in [-0.05, 0) is 37.1 Å². The lowest BCUT2D eigenvalue weighted by molar-refractivity contribution is -0.122. The molecule has 0 saturated carbocycles. The van der Waals surface area contributed by atoms with Crippen LogP contribution >= 0.6 is 0 Å². The normalized spacial score (nSPS) is 11.8. The Morgan fingerprint density at radius 1 is 1.00 bits per heavy atom. The molecule has 7 heteroatoms. The summed E-state index contributed by atoms with van der Waals surface area (Å²) in [5.74, 6) is -0.310. The Bertz CT molecular complexity index is 832. The topological polar surface area (TPSA) is 95.5 Å². The number of hydrogen-bond acceptors (Lipinski definition) is 4. The summed E-state index contributed by atoms with van der Waals surface area (Å²) < 4.78 is 27.0. The van der Waals surface area contributed by atoms with E-state index in [1.807, 2.05) is 6.07 Å². The van der Waals surface area contributed by atoms with Crippen LogP contribution in [0.4, 0.5) is 5.69 Å². The maximum absolute atomic E-state index is 12.2. The van der Waals surface area contributed by atoms with Gasteiger partial charge in [0.15, 0.2) is 0 Å². The van der Waals surface area contributed by atoms with E-state index in [-0.39, 0.29) is 24.7 Å². The van der Waals surface area contributed by atoms with Crippen molar-refractivity contribution in [3.8, 4) is 0 Å². The minimum Gasteiger partial charge on any atom is -0.394 e. The molecule has 0 unspecified atom stereocenters. The molecule has 2 aromatic carbocycles. The van der Waals surface area contributed by atoms with Crippen molar-refractivity contribution in [1.29, 1.82) is 0 Å². The van der Waals surface area contributed by atoms with Crippen LogP contribution in [0.15, 0.2) is 54.6 Å². The maximum atomic E-state index is 12.2. The summed E-state index contributed by atoms with van der Waals surface area (Å²) in [6.07, 6.45) is 0.153. The molecule has 0 radical (unpaired) electrons. The molecule has 0 spiro atoms. The standard InChI is InChI=1S/C19H24N2O4S/c1-19(2,14-22)20-18(23)12-15-8-10-17(11-9-15)21-26(24,25)13-16-6-4-3-5-7-16/h3-11,21-22H,12-14H2,1-2H3,(H,20,23). The van der Waals surface area contributed by atoms with Crippen molar-refractivity contribution in [3.63, 3.8) is 0 Å². The van der Waals surface area contributed by atoms with E-state index in [1.165, 1.54) is 0 Å². The second kappa shape index (κ2) is 8.33. The van der Waals surface area contributed by atoms with E-state index in [0.29, 0.717) is 11.3 Å². The van der Waals surface area contributed by atoms with Gasteiger partial charge in [-0.2, -0.15) is 0 Å². The fourth-order valence-corrected chi connectivity index (χ4v) is 3.55. The van der Waals surface area contributed by atoms with Crippen LogP contribution < -0.4 is 10.0 Å². The third-order valence-electron chi connectivity index (χ3n) is 3.66. The highest BCUT2D eigenvalue weighted by atomic mass is 32.2. The summed E-state index contributed by atoms with van der Waals surface area (Å²) in [6.45, 7) is 3.31. The number of benzene rings is 2. The average molecular weight is 376 g/mol. The van der Waals surface area contributed by atoms with Crippen molar-refractivity contribution in [2.24, 2.45) is 0 Å². The largest absolute Gasteiger partial charge is 0.394 e. The Balaban J connectivity index is 1.95. The third-order valence-corrected chi connectivity index (χ3v) is 4.92. The van der Waals surface area contributed by atoms with Crippen molar-refractivity contribution in [1.82, 2.24) is 5.32 Å². The van der Waals surface area contributed by atoms with Crippen LogP contribution in [0, 0.1) is 0 Å². The Kier molecular flexibility index (Phi) is 6.39. The molecule has 0 aliphatic carbocycles. The number of amides is 1. The lowest BCUT2D eigenvalue weighted by Crippen LogP contribution is -2.46. The number of sulfonamides is 1.